The van der Waals surface area contributed by atoms with Gasteiger partial charge in [0, 0.05) is 18.3 Å². The van der Waals surface area contributed by atoms with E-state index < -0.39 is 6.10 Å². The number of aliphatic hydroxyl groups is 1. The number of aliphatic hydroxyl groups excluding tert-OH is 1. The molecule has 1 aromatic heterocycles. The van der Waals surface area contributed by atoms with Gasteiger partial charge in [0.1, 0.15) is 11.9 Å². The Kier molecular flexibility index (Phi) is 4.85. The summed E-state index contributed by atoms with van der Waals surface area (Å²) in [6.45, 7) is 11.2. The Morgan fingerprint density at radius 1 is 1.29 bits per heavy atom. The smallest absolute Gasteiger partial charge is 0.138 e. The molecule has 21 heavy (non-hydrogen) atoms. The third kappa shape index (κ3) is 3.19. The Morgan fingerprint density at radius 2 is 1.95 bits per heavy atom. The zero-order valence-electron chi connectivity index (χ0n) is 13.4. The van der Waals surface area contributed by atoms with E-state index in [2.05, 4.69) is 35.2 Å². The van der Waals surface area contributed by atoms with Crippen molar-refractivity contribution in [2.45, 2.75) is 39.8 Å². The van der Waals surface area contributed by atoms with Crippen LogP contribution in [0.1, 0.15) is 45.7 Å². The molecular weight excluding hydrogens is 264 g/mol. The Labute approximate surface area is 126 Å². The van der Waals surface area contributed by atoms with Crippen molar-refractivity contribution in [1.82, 2.24) is 14.5 Å². The maximum absolute atomic E-state index is 10.0. The number of nitrogens with zero attached hydrogens (tertiary/aromatic N) is 3. The summed E-state index contributed by atoms with van der Waals surface area (Å²) in [6.07, 6.45) is -0.599. The van der Waals surface area contributed by atoms with Gasteiger partial charge in [0.15, 0.2) is 0 Å². The number of hydrogen-bond donors (Lipinski definition) is 2. The third-order valence-corrected chi connectivity index (χ3v) is 3.97. The molecule has 0 saturated heterocycles. The molecule has 0 aliphatic carbocycles. The molecule has 0 fully saturated rings. The first-order chi connectivity index (χ1) is 9.97. The second-order valence-electron chi connectivity index (χ2n) is 5.60. The molecule has 0 spiro atoms. The van der Waals surface area contributed by atoms with Gasteiger partial charge in [0.05, 0.1) is 11.0 Å². The van der Waals surface area contributed by atoms with Crippen molar-refractivity contribution in [2.75, 3.05) is 25.4 Å². The molecule has 0 radical (unpaired) electrons. The summed E-state index contributed by atoms with van der Waals surface area (Å²) in [5, 5.41) is 10.0. The second kappa shape index (κ2) is 6.45. The molecule has 2 atom stereocenters. The van der Waals surface area contributed by atoms with E-state index in [4.69, 9.17) is 5.73 Å². The lowest BCUT2D eigenvalue weighted by atomic mass is 10.2. The molecule has 5 nitrogen and oxygen atoms in total. The van der Waals surface area contributed by atoms with Gasteiger partial charge in [-0.1, -0.05) is 13.8 Å². The number of rotatable bonds is 6. The number of hydrogen-bond acceptors (Lipinski definition) is 4. The zero-order valence-corrected chi connectivity index (χ0v) is 13.4. The van der Waals surface area contributed by atoms with Crippen LogP contribution < -0.4 is 5.73 Å². The average Bonchev–Trinajstić information content (AvgIpc) is 2.83. The first-order valence-corrected chi connectivity index (χ1v) is 7.65. The maximum Gasteiger partial charge on any atom is 0.138 e. The van der Waals surface area contributed by atoms with Gasteiger partial charge in [-0.2, -0.15) is 0 Å². The number of nitrogens with two attached hydrogens (primary N) is 1. The predicted octanol–water partition coefficient (Wildman–Crippen LogP) is 2.57. The molecule has 0 amide bonds. The van der Waals surface area contributed by atoms with E-state index in [1.165, 1.54) is 0 Å². The molecule has 1 heterocycles. The lowest BCUT2D eigenvalue weighted by molar-refractivity contribution is 0.177. The van der Waals surface area contributed by atoms with Gasteiger partial charge in [-0.3, -0.25) is 0 Å². The Bertz CT molecular complexity index is 602. The summed E-state index contributed by atoms with van der Waals surface area (Å²) < 4.78 is 2.14. The average molecular weight is 290 g/mol. The highest BCUT2D eigenvalue weighted by Gasteiger charge is 2.20. The normalized spacial score (nSPS) is 14.8. The van der Waals surface area contributed by atoms with Crippen LogP contribution in [0.15, 0.2) is 18.2 Å². The van der Waals surface area contributed by atoms with Crippen LogP contribution in [0.3, 0.4) is 0 Å². The van der Waals surface area contributed by atoms with Gasteiger partial charge in [-0.15, -0.1) is 0 Å². The predicted molar refractivity (Wildman–Crippen MR) is 87.3 cm³/mol. The molecule has 2 aromatic rings. The molecule has 3 N–H and O–H groups in total. The quantitative estimate of drug-likeness (QED) is 0.802. The molecule has 2 unspecified atom stereocenters. The highest BCUT2D eigenvalue weighted by molar-refractivity contribution is 5.80. The summed E-state index contributed by atoms with van der Waals surface area (Å²) in [5.74, 6) is 0.704. The van der Waals surface area contributed by atoms with Crippen LogP contribution in [0.5, 0.6) is 0 Å². The molecule has 0 bridgehead atoms. The summed E-state index contributed by atoms with van der Waals surface area (Å²) in [6, 6.07) is 5.98. The fourth-order valence-electron chi connectivity index (χ4n) is 2.83. The number of benzene rings is 1. The highest BCUT2D eigenvalue weighted by atomic mass is 16.3. The van der Waals surface area contributed by atoms with Gasteiger partial charge in [-0.05, 0) is 45.1 Å². The lowest BCUT2D eigenvalue weighted by Crippen LogP contribution is -2.30. The number of anilines is 1. The van der Waals surface area contributed by atoms with Crippen LogP contribution in [0, 0.1) is 0 Å². The number of nitrogen functional groups attached to an aromatic ring is 1. The SMILES string of the molecule is CCN(CC)CC(C)n1c(C(C)O)nc2cc(N)ccc21. The maximum atomic E-state index is 10.0. The van der Waals surface area contributed by atoms with Crippen molar-refractivity contribution in [3.63, 3.8) is 0 Å². The minimum atomic E-state index is -0.599. The largest absolute Gasteiger partial charge is 0.399 e. The van der Waals surface area contributed by atoms with Gasteiger partial charge >= 0.3 is 0 Å². The Balaban J connectivity index is 2.47. The number of imidazole rings is 1. The van der Waals surface area contributed by atoms with Crippen LogP contribution in [0.4, 0.5) is 5.69 Å². The third-order valence-electron chi connectivity index (χ3n) is 3.97. The van der Waals surface area contributed by atoms with E-state index in [-0.39, 0.29) is 6.04 Å². The van der Waals surface area contributed by atoms with Crippen molar-refractivity contribution in [2.24, 2.45) is 0 Å². The Hall–Kier alpha value is -1.59. The molecule has 116 valence electrons. The second-order valence-corrected chi connectivity index (χ2v) is 5.60. The van der Waals surface area contributed by atoms with Gasteiger partial charge in [0.25, 0.3) is 0 Å². The molecular formula is C16H26N4O. The number of fused-ring (bicyclic) bond motifs is 1. The lowest BCUT2D eigenvalue weighted by Gasteiger charge is -2.25. The summed E-state index contributed by atoms with van der Waals surface area (Å²) in [4.78, 5) is 6.94. The minimum Gasteiger partial charge on any atom is -0.399 e. The molecule has 5 heteroatoms. The fourth-order valence-corrected chi connectivity index (χ4v) is 2.83. The number of likely N-dealkylation sites (N-methyl/N-ethyl adjacent to an activating group) is 1. The molecule has 1 aromatic carbocycles. The number of aromatic nitrogens is 2. The molecule has 2 rings (SSSR count). The van der Waals surface area contributed by atoms with Crippen LogP contribution in [-0.4, -0.2) is 39.2 Å². The van der Waals surface area contributed by atoms with Crippen molar-refractivity contribution in [3.8, 4) is 0 Å². The van der Waals surface area contributed by atoms with E-state index in [1.54, 1.807) is 6.92 Å². The minimum absolute atomic E-state index is 0.239. The van der Waals surface area contributed by atoms with Crippen molar-refractivity contribution in [3.05, 3.63) is 24.0 Å². The Morgan fingerprint density at radius 3 is 2.52 bits per heavy atom. The van der Waals surface area contributed by atoms with Gasteiger partial charge < -0.3 is 20.3 Å². The first-order valence-electron chi connectivity index (χ1n) is 7.65. The highest BCUT2D eigenvalue weighted by Crippen LogP contribution is 2.26. The summed E-state index contributed by atoms with van der Waals surface area (Å²) in [7, 11) is 0. The monoisotopic (exact) mass is 290 g/mol. The van der Waals surface area contributed by atoms with Crippen LogP contribution in [0.25, 0.3) is 11.0 Å². The molecule has 0 aliphatic rings. The summed E-state index contributed by atoms with van der Waals surface area (Å²) >= 11 is 0. The van der Waals surface area contributed by atoms with E-state index in [1.807, 2.05) is 18.2 Å². The fraction of sp³-hybridized carbons (Fsp3) is 0.562. The van der Waals surface area contributed by atoms with E-state index >= 15 is 0 Å². The molecule has 0 aliphatic heterocycles. The van der Waals surface area contributed by atoms with Crippen molar-refractivity contribution in [1.29, 1.82) is 0 Å². The van der Waals surface area contributed by atoms with Gasteiger partial charge in [-0.25, -0.2) is 4.98 Å². The van der Waals surface area contributed by atoms with Crippen LogP contribution >= 0.6 is 0 Å². The van der Waals surface area contributed by atoms with Gasteiger partial charge in [0.2, 0.25) is 0 Å². The van der Waals surface area contributed by atoms with Crippen molar-refractivity contribution >= 4 is 16.7 Å². The summed E-state index contributed by atoms with van der Waals surface area (Å²) in [5.41, 5.74) is 8.41. The van der Waals surface area contributed by atoms with Crippen molar-refractivity contribution < 1.29 is 5.11 Å². The van der Waals surface area contributed by atoms with E-state index in [9.17, 15) is 5.11 Å². The van der Waals surface area contributed by atoms with E-state index in [0.29, 0.717) is 11.5 Å². The molecule has 0 saturated carbocycles. The topological polar surface area (TPSA) is 67.3 Å². The van der Waals surface area contributed by atoms with E-state index in [0.717, 1.165) is 30.7 Å². The van der Waals surface area contributed by atoms with Crippen LogP contribution in [-0.2, 0) is 0 Å². The van der Waals surface area contributed by atoms with Crippen LogP contribution in [0.2, 0.25) is 0 Å². The standard InChI is InChI=1S/C16H26N4O/c1-5-19(6-2)10-11(3)20-15-8-7-13(17)9-14(15)18-16(20)12(4)21/h7-9,11-12,21H,5-6,10,17H2,1-4H3. The zero-order chi connectivity index (χ0) is 15.6. The first kappa shape index (κ1) is 15.8.